The van der Waals surface area contributed by atoms with Gasteiger partial charge in [-0.15, -0.1) is 0 Å². The number of halogens is 1. The highest BCUT2D eigenvalue weighted by Crippen LogP contribution is 2.29. The van der Waals surface area contributed by atoms with Crippen molar-refractivity contribution in [3.05, 3.63) is 28.2 Å². The largest absolute Gasteiger partial charge is 0.481 e. The second-order valence-corrected chi connectivity index (χ2v) is 4.99. The molecule has 1 saturated heterocycles. The minimum absolute atomic E-state index is 0.108. The van der Waals surface area contributed by atoms with Gasteiger partial charge >= 0.3 is 12.1 Å². The van der Waals surface area contributed by atoms with Gasteiger partial charge in [0, 0.05) is 10.2 Å². The number of aryl methyl sites for hydroxylation is 1. The number of cyclic esters (lactones) is 1. The smallest absolute Gasteiger partial charge is 0.414 e. The molecule has 1 amide bonds. The van der Waals surface area contributed by atoms with Gasteiger partial charge in [0.05, 0.1) is 12.5 Å². The monoisotopic (exact) mass is 313 g/mol. The van der Waals surface area contributed by atoms with E-state index in [0.29, 0.717) is 5.69 Å². The first-order valence-corrected chi connectivity index (χ1v) is 6.22. The predicted molar refractivity (Wildman–Crippen MR) is 68.7 cm³/mol. The number of carbonyl (C=O) groups is 2. The molecule has 1 N–H and O–H groups in total. The van der Waals surface area contributed by atoms with Crippen LogP contribution < -0.4 is 4.90 Å². The number of aliphatic carboxylic acids is 1. The third kappa shape index (κ3) is 2.48. The van der Waals surface area contributed by atoms with E-state index >= 15 is 0 Å². The van der Waals surface area contributed by atoms with Crippen LogP contribution in [0.3, 0.4) is 0 Å². The van der Waals surface area contributed by atoms with Crippen LogP contribution in [0.5, 0.6) is 0 Å². The lowest BCUT2D eigenvalue weighted by Crippen LogP contribution is -2.35. The van der Waals surface area contributed by atoms with Crippen molar-refractivity contribution in [3.8, 4) is 0 Å². The molecule has 0 radical (unpaired) electrons. The molecule has 0 spiro atoms. The predicted octanol–water partition coefficient (Wildman–Crippen LogP) is 2.56. The first-order chi connectivity index (χ1) is 8.49. The Morgan fingerprint density at radius 1 is 1.61 bits per heavy atom. The van der Waals surface area contributed by atoms with Crippen LogP contribution in [0.25, 0.3) is 0 Å². The zero-order valence-electron chi connectivity index (χ0n) is 9.72. The Hall–Kier alpha value is -1.56. The van der Waals surface area contributed by atoms with Gasteiger partial charge in [0.15, 0.2) is 0 Å². The van der Waals surface area contributed by atoms with Crippen LogP contribution >= 0.6 is 15.9 Å². The average Bonchev–Trinajstić information content (AvgIpc) is 2.63. The summed E-state index contributed by atoms with van der Waals surface area (Å²) in [6.45, 7) is 2.04. The molecule has 2 rings (SSSR count). The van der Waals surface area contributed by atoms with Gasteiger partial charge in [-0.1, -0.05) is 22.0 Å². The zero-order valence-corrected chi connectivity index (χ0v) is 11.3. The number of rotatable bonds is 3. The van der Waals surface area contributed by atoms with Crippen LogP contribution in [0.2, 0.25) is 0 Å². The summed E-state index contributed by atoms with van der Waals surface area (Å²) in [6, 6.07) is 4.98. The van der Waals surface area contributed by atoms with E-state index in [2.05, 4.69) is 15.9 Å². The summed E-state index contributed by atoms with van der Waals surface area (Å²) >= 11 is 3.39. The van der Waals surface area contributed by atoms with Gasteiger partial charge < -0.3 is 9.84 Å². The lowest BCUT2D eigenvalue weighted by atomic mass is 10.1. The zero-order chi connectivity index (χ0) is 13.3. The van der Waals surface area contributed by atoms with E-state index in [-0.39, 0.29) is 13.0 Å². The van der Waals surface area contributed by atoms with E-state index in [1.165, 1.54) is 4.90 Å². The van der Waals surface area contributed by atoms with Gasteiger partial charge in [-0.05, 0) is 24.6 Å². The summed E-state index contributed by atoms with van der Waals surface area (Å²) in [7, 11) is 0. The molecule has 1 atom stereocenters. The van der Waals surface area contributed by atoms with Crippen LogP contribution in [0, 0.1) is 6.92 Å². The molecular formula is C12H12BrNO4. The highest BCUT2D eigenvalue weighted by molar-refractivity contribution is 9.10. The van der Waals surface area contributed by atoms with Gasteiger partial charge in [-0.2, -0.15) is 0 Å². The number of carboxylic acids is 1. The van der Waals surface area contributed by atoms with Crippen molar-refractivity contribution in [2.24, 2.45) is 0 Å². The number of hydrogen-bond donors (Lipinski definition) is 1. The Balaban J connectivity index is 2.30. The lowest BCUT2D eigenvalue weighted by Gasteiger charge is -2.20. The number of nitrogens with zero attached hydrogens (tertiary/aromatic N) is 1. The van der Waals surface area contributed by atoms with E-state index in [1.54, 1.807) is 12.1 Å². The number of ether oxygens (including phenoxy) is 1. The summed E-state index contributed by atoms with van der Waals surface area (Å²) in [6.07, 6.45) is -0.631. The maximum Gasteiger partial charge on any atom is 0.414 e. The Bertz CT molecular complexity index is 503. The molecule has 5 nitrogen and oxygen atoms in total. The maximum atomic E-state index is 11.7. The van der Waals surface area contributed by atoms with Crippen molar-refractivity contribution < 1.29 is 19.4 Å². The van der Waals surface area contributed by atoms with Crippen LogP contribution in [0.1, 0.15) is 12.0 Å². The molecule has 0 aliphatic carbocycles. The topological polar surface area (TPSA) is 66.8 Å². The fourth-order valence-corrected chi connectivity index (χ4v) is 2.23. The summed E-state index contributed by atoms with van der Waals surface area (Å²) < 4.78 is 5.78. The summed E-state index contributed by atoms with van der Waals surface area (Å²) in [5.41, 5.74) is 1.68. The van der Waals surface area contributed by atoms with E-state index in [9.17, 15) is 9.59 Å². The quantitative estimate of drug-likeness (QED) is 0.931. The number of anilines is 1. The number of carboxylic acid groups (broad SMARTS) is 1. The Morgan fingerprint density at radius 3 is 2.94 bits per heavy atom. The van der Waals surface area contributed by atoms with E-state index in [4.69, 9.17) is 9.84 Å². The standard InChI is InChI=1S/C12H12BrNO4/c1-7-2-3-8(4-10(7)13)14-9(5-11(15)16)6-18-12(14)17/h2-4,9H,5-6H2,1H3,(H,15,16). The second kappa shape index (κ2) is 4.97. The maximum absolute atomic E-state index is 11.7. The molecule has 0 saturated carbocycles. The molecule has 1 aliphatic rings. The molecule has 6 heteroatoms. The Morgan fingerprint density at radius 2 is 2.33 bits per heavy atom. The molecule has 1 aromatic rings. The van der Waals surface area contributed by atoms with Crippen molar-refractivity contribution in [2.75, 3.05) is 11.5 Å². The Kier molecular flexibility index (Phi) is 3.56. The van der Waals surface area contributed by atoms with Gasteiger partial charge in [0.2, 0.25) is 0 Å². The summed E-state index contributed by atoms with van der Waals surface area (Å²) in [4.78, 5) is 23.8. The number of benzene rings is 1. The van der Waals surface area contributed by atoms with Crippen molar-refractivity contribution in [3.63, 3.8) is 0 Å². The van der Waals surface area contributed by atoms with Crippen molar-refractivity contribution >= 4 is 33.7 Å². The molecule has 1 unspecified atom stereocenters. The highest BCUT2D eigenvalue weighted by atomic mass is 79.9. The minimum Gasteiger partial charge on any atom is -0.481 e. The van der Waals surface area contributed by atoms with E-state index in [1.807, 2.05) is 13.0 Å². The molecule has 96 valence electrons. The van der Waals surface area contributed by atoms with Crippen LogP contribution in [-0.2, 0) is 9.53 Å². The lowest BCUT2D eigenvalue weighted by molar-refractivity contribution is -0.137. The molecule has 1 heterocycles. The third-order valence-electron chi connectivity index (χ3n) is 2.80. The van der Waals surface area contributed by atoms with Crippen molar-refractivity contribution in [1.29, 1.82) is 0 Å². The SMILES string of the molecule is Cc1ccc(N2C(=O)OCC2CC(=O)O)cc1Br. The first-order valence-electron chi connectivity index (χ1n) is 5.43. The fraction of sp³-hybridized carbons (Fsp3) is 0.333. The minimum atomic E-state index is -0.950. The average molecular weight is 314 g/mol. The van der Waals surface area contributed by atoms with Crippen molar-refractivity contribution in [1.82, 2.24) is 0 Å². The van der Waals surface area contributed by atoms with Gasteiger partial charge in [0.1, 0.15) is 6.61 Å². The first kappa shape index (κ1) is 12.9. The Labute approximate surface area is 112 Å². The van der Waals surface area contributed by atoms with Crippen molar-refractivity contribution in [2.45, 2.75) is 19.4 Å². The summed E-state index contributed by atoms with van der Waals surface area (Å²) in [5, 5.41) is 8.82. The number of hydrogen-bond acceptors (Lipinski definition) is 3. The molecule has 0 aromatic heterocycles. The molecule has 1 aromatic carbocycles. The molecule has 0 bridgehead atoms. The third-order valence-corrected chi connectivity index (χ3v) is 3.66. The normalized spacial score (nSPS) is 18.9. The van der Waals surface area contributed by atoms with Gasteiger partial charge in [-0.25, -0.2) is 4.79 Å². The number of amides is 1. The number of carbonyl (C=O) groups excluding carboxylic acids is 1. The molecule has 18 heavy (non-hydrogen) atoms. The molecule has 1 aliphatic heterocycles. The fourth-order valence-electron chi connectivity index (χ4n) is 1.86. The van der Waals surface area contributed by atoms with E-state index < -0.39 is 18.1 Å². The molecular weight excluding hydrogens is 302 g/mol. The van der Waals surface area contributed by atoms with Gasteiger partial charge in [0.25, 0.3) is 0 Å². The molecule has 1 fully saturated rings. The van der Waals surface area contributed by atoms with E-state index in [0.717, 1.165) is 10.0 Å². The highest BCUT2D eigenvalue weighted by Gasteiger charge is 2.35. The van der Waals surface area contributed by atoms with Crippen LogP contribution in [0.4, 0.5) is 10.5 Å². The second-order valence-electron chi connectivity index (χ2n) is 4.13. The van der Waals surface area contributed by atoms with Crippen LogP contribution in [-0.4, -0.2) is 29.8 Å². The summed E-state index contributed by atoms with van der Waals surface area (Å²) in [5.74, 6) is -0.950. The van der Waals surface area contributed by atoms with Gasteiger partial charge in [-0.3, -0.25) is 9.69 Å². The van der Waals surface area contributed by atoms with Crippen LogP contribution in [0.15, 0.2) is 22.7 Å².